The van der Waals surface area contributed by atoms with Gasteiger partial charge < -0.3 is 5.32 Å². The third-order valence-electron chi connectivity index (χ3n) is 2.75. The number of anilines is 1. The summed E-state index contributed by atoms with van der Waals surface area (Å²) in [5.74, 6) is 2.67. The molecule has 1 N–H and O–H groups in total. The van der Waals surface area contributed by atoms with E-state index in [1.165, 1.54) is 18.4 Å². The maximum atomic E-state index is 4.73. The summed E-state index contributed by atoms with van der Waals surface area (Å²) < 4.78 is 0. The van der Waals surface area contributed by atoms with Crippen LogP contribution in [0.4, 0.5) is 5.82 Å². The molecule has 0 saturated heterocycles. The summed E-state index contributed by atoms with van der Waals surface area (Å²) in [6.45, 7) is 9.53. The summed E-state index contributed by atoms with van der Waals surface area (Å²) >= 11 is 1.83. The van der Waals surface area contributed by atoms with Crippen LogP contribution in [0.2, 0.25) is 0 Å². The van der Waals surface area contributed by atoms with E-state index >= 15 is 0 Å². The number of hydrogen-bond donors (Lipinski definition) is 1. The number of aromatic nitrogens is 2. The Bertz CT molecular complexity index is 400. The average Bonchev–Trinajstić information content (AvgIpc) is 3.07. The second kappa shape index (κ2) is 5.25. The van der Waals surface area contributed by atoms with E-state index in [1.807, 2.05) is 11.8 Å². The predicted molar refractivity (Wildman–Crippen MR) is 73.9 cm³/mol. The van der Waals surface area contributed by atoms with Crippen LogP contribution in [-0.2, 0) is 0 Å². The van der Waals surface area contributed by atoms with Gasteiger partial charge in [0.2, 0.25) is 0 Å². The molecule has 0 atom stereocenters. The second-order valence-electron chi connectivity index (χ2n) is 4.83. The number of hydrogen-bond acceptors (Lipinski definition) is 4. The molecular formula is C13H21N3S. The van der Waals surface area contributed by atoms with Crippen LogP contribution in [0.1, 0.15) is 50.9 Å². The standard InChI is InChI=1S/C13H21N3S/c1-5-14-11-9(4)13(17-8(2)3)16-12(15-11)10-6-7-10/h8,10H,5-7H2,1-4H3,(H,14,15,16). The van der Waals surface area contributed by atoms with Gasteiger partial charge in [0.05, 0.1) is 0 Å². The number of nitrogens with one attached hydrogen (secondary N) is 1. The van der Waals surface area contributed by atoms with Crippen LogP contribution in [-0.4, -0.2) is 21.8 Å². The molecule has 1 aliphatic rings. The van der Waals surface area contributed by atoms with Crippen molar-refractivity contribution in [1.29, 1.82) is 0 Å². The van der Waals surface area contributed by atoms with Crippen molar-refractivity contribution in [3.8, 4) is 0 Å². The molecule has 3 nitrogen and oxygen atoms in total. The molecule has 2 rings (SSSR count). The summed E-state index contributed by atoms with van der Waals surface area (Å²) in [6, 6.07) is 0. The van der Waals surface area contributed by atoms with Crippen LogP contribution in [0.15, 0.2) is 5.03 Å². The summed E-state index contributed by atoms with van der Waals surface area (Å²) in [6.07, 6.45) is 2.50. The lowest BCUT2D eigenvalue weighted by atomic mass is 10.3. The van der Waals surface area contributed by atoms with Crippen LogP contribution in [0.3, 0.4) is 0 Å². The number of thioether (sulfide) groups is 1. The molecule has 1 aromatic rings. The fourth-order valence-electron chi connectivity index (χ4n) is 1.71. The van der Waals surface area contributed by atoms with Crippen molar-refractivity contribution in [2.24, 2.45) is 0 Å². The van der Waals surface area contributed by atoms with E-state index in [0.717, 1.165) is 23.2 Å². The van der Waals surface area contributed by atoms with E-state index in [1.54, 1.807) is 0 Å². The van der Waals surface area contributed by atoms with Gasteiger partial charge in [-0.05, 0) is 26.7 Å². The monoisotopic (exact) mass is 251 g/mol. The first-order valence-electron chi connectivity index (χ1n) is 6.40. The molecule has 0 radical (unpaired) electrons. The van der Waals surface area contributed by atoms with E-state index in [2.05, 4.69) is 38.0 Å². The van der Waals surface area contributed by atoms with Crippen LogP contribution in [0, 0.1) is 6.92 Å². The van der Waals surface area contributed by atoms with Gasteiger partial charge in [-0.1, -0.05) is 13.8 Å². The van der Waals surface area contributed by atoms with Gasteiger partial charge in [0.1, 0.15) is 16.7 Å². The van der Waals surface area contributed by atoms with E-state index in [0.29, 0.717) is 11.2 Å². The minimum Gasteiger partial charge on any atom is -0.370 e. The third kappa shape index (κ3) is 3.12. The van der Waals surface area contributed by atoms with Crippen molar-refractivity contribution in [3.63, 3.8) is 0 Å². The number of rotatable bonds is 5. The van der Waals surface area contributed by atoms with Gasteiger partial charge in [-0.25, -0.2) is 9.97 Å². The minimum absolute atomic E-state index is 0.560. The van der Waals surface area contributed by atoms with Gasteiger partial charge >= 0.3 is 0 Å². The first-order valence-corrected chi connectivity index (χ1v) is 7.28. The topological polar surface area (TPSA) is 37.8 Å². The van der Waals surface area contributed by atoms with E-state index in [4.69, 9.17) is 4.98 Å². The van der Waals surface area contributed by atoms with Crippen molar-refractivity contribution in [2.75, 3.05) is 11.9 Å². The van der Waals surface area contributed by atoms with E-state index in [9.17, 15) is 0 Å². The maximum Gasteiger partial charge on any atom is 0.135 e. The van der Waals surface area contributed by atoms with Crippen molar-refractivity contribution in [2.45, 2.75) is 56.7 Å². The lowest BCUT2D eigenvalue weighted by molar-refractivity contribution is 0.858. The lowest BCUT2D eigenvalue weighted by Gasteiger charge is -2.13. The Kier molecular flexibility index (Phi) is 3.92. The van der Waals surface area contributed by atoms with Crippen LogP contribution < -0.4 is 5.32 Å². The van der Waals surface area contributed by atoms with Crippen LogP contribution in [0.25, 0.3) is 0 Å². The Morgan fingerprint density at radius 1 is 1.35 bits per heavy atom. The van der Waals surface area contributed by atoms with E-state index in [-0.39, 0.29) is 0 Å². The molecule has 4 heteroatoms. The Balaban J connectivity index is 2.33. The fraction of sp³-hybridized carbons (Fsp3) is 0.692. The van der Waals surface area contributed by atoms with Crippen molar-refractivity contribution in [1.82, 2.24) is 9.97 Å². The van der Waals surface area contributed by atoms with Gasteiger partial charge in [0.15, 0.2) is 0 Å². The molecule has 0 aliphatic heterocycles. The Labute approximate surface area is 108 Å². The first kappa shape index (κ1) is 12.7. The van der Waals surface area contributed by atoms with Crippen LogP contribution >= 0.6 is 11.8 Å². The molecule has 0 spiro atoms. The average molecular weight is 251 g/mol. The van der Waals surface area contributed by atoms with Gasteiger partial charge in [0, 0.05) is 23.3 Å². The third-order valence-corrected chi connectivity index (χ3v) is 3.84. The zero-order chi connectivity index (χ0) is 12.4. The molecule has 1 aromatic heterocycles. The first-order chi connectivity index (χ1) is 8.11. The molecule has 1 heterocycles. The second-order valence-corrected chi connectivity index (χ2v) is 6.40. The van der Waals surface area contributed by atoms with Gasteiger partial charge in [0.25, 0.3) is 0 Å². The Hall–Kier alpha value is -0.770. The summed E-state index contributed by atoms with van der Waals surface area (Å²) in [5.41, 5.74) is 1.19. The Morgan fingerprint density at radius 3 is 2.59 bits per heavy atom. The molecule has 0 aromatic carbocycles. The molecule has 1 fully saturated rings. The minimum atomic E-state index is 0.560. The smallest absolute Gasteiger partial charge is 0.135 e. The zero-order valence-corrected chi connectivity index (χ0v) is 11.9. The zero-order valence-electron chi connectivity index (χ0n) is 11.1. The highest BCUT2D eigenvalue weighted by Crippen LogP contribution is 2.40. The van der Waals surface area contributed by atoms with Crippen molar-refractivity contribution < 1.29 is 0 Å². The lowest BCUT2D eigenvalue weighted by Crippen LogP contribution is -2.07. The summed E-state index contributed by atoms with van der Waals surface area (Å²) in [4.78, 5) is 9.39. The maximum absolute atomic E-state index is 4.73. The quantitative estimate of drug-likeness (QED) is 0.641. The highest BCUT2D eigenvalue weighted by Gasteiger charge is 2.28. The molecule has 1 saturated carbocycles. The highest BCUT2D eigenvalue weighted by molar-refractivity contribution is 7.99. The largest absolute Gasteiger partial charge is 0.370 e. The normalized spacial score (nSPS) is 15.4. The number of nitrogens with zero attached hydrogens (tertiary/aromatic N) is 2. The molecule has 17 heavy (non-hydrogen) atoms. The fourth-order valence-corrected chi connectivity index (χ4v) is 2.58. The molecule has 1 aliphatic carbocycles. The van der Waals surface area contributed by atoms with Gasteiger partial charge in [-0.2, -0.15) is 0 Å². The van der Waals surface area contributed by atoms with Gasteiger partial charge in [-0.15, -0.1) is 11.8 Å². The molecule has 94 valence electrons. The highest BCUT2D eigenvalue weighted by atomic mass is 32.2. The van der Waals surface area contributed by atoms with Crippen molar-refractivity contribution >= 4 is 17.6 Å². The molecule has 0 amide bonds. The molecular weight excluding hydrogens is 230 g/mol. The molecule has 0 bridgehead atoms. The molecule has 0 unspecified atom stereocenters. The SMILES string of the molecule is CCNc1nc(C2CC2)nc(SC(C)C)c1C. The summed E-state index contributed by atoms with van der Waals surface area (Å²) in [7, 11) is 0. The van der Waals surface area contributed by atoms with Gasteiger partial charge in [-0.3, -0.25) is 0 Å². The Morgan fingerprint density at radius 2 is 2.06 bits per heavy atom. The summed E-state index contributed by atoms with van der Waals surface area (Å²) in [5, 5.41) is 5.05. The van der Waals surface area contributed by atoms with E-state index < -0.39 is 0 Å². The predicted octanol–water partition coefficient (Wildman–Crippen LogP) is 3.59. The van der Waals surface area contributed by atoms with Crippen molar-refractivity contribution in [3.05, 3.63) is 11.4 Å². The van der Waals surface area contributed by atoms with Crippen LogP contribution in [0.5, 0.6) is 0 Å².